The van der Waals surface area contributed by atoms with Gasteiger partial charge in [-0.3, -0.25) is 0 Å². The first-order chi connectivity index (χ1) is 9.69. The first-order valence-electron chi connectivity index (χ1n) is 6.21. The van der Waals surface area contributed by atoms with Crippen molar-refractivity contribution in [2.24, 2.45) is 0 Å². The summed E-state index contributed by atoms with van der Waals surface area (Å²) in [7, 11) is 0. The van der Waals surface area contributed by atoms with Crippen molar-refractivity contribution in [2.45, 2.75) is 6.04 Å². The molecule has 102 valence electrons. The second-order valence-corrected chi connectivity index (χ2v) is 5.52. The van der Waals surface area contributed by atoms with Crippen LogP contribution in [0.4, 0.5) is 11.6 Å². The van der Waals surface area contributed by atoms with Gasteiger partial charge in [-0.25, -0.2) is 4.68 Å². The molecule has 1 aromatic carbocycles. The first-order valence-corrected chi connectivity index (χ1v) is 7.00. The molecule has 4 N–H and O–H groups in total. The maximum Gasteiger partial charge on any atom is 0.169 e. The van der Waals surface area contributed by atoms with Crippen molar-refractivity contribution in [3.05, 3.63) is 34.3 Å². The normalized spacial score (nSPS) is 14.6. The van der Waals surface area contributed by atoms with Crippen molar-refractivity contribution >= 4 is 27.6 Å². The molecule has 0 aliphatic carbocycles. The van der Waals surface area contributed by atoms with Gasteiger partial charge in [0.1, 0.15) is 17.5 Å². The van der Waals surface area contributed by atoms with Gasteiger partial charge < -0.3 is 16.4 Å². The molecule has 0 unspecified atom stereocenters. The van der Waals surface area contributed by atoms with Crippen LogP contribution in [0.5, 0.6) is 0 Å². The summed E-state index contributed by atoms with van der Waals surface area (Å²) < 4.78 is 2.56. The molecule has 1 aliphatic rings. The van der Waals surface area contributed by atoms with Gasteiger partial charge in [0.2, 0.25) is 0 Å². The van der Waals surface area contributed by atoms with Gasteiger partial charge in [0.15, 0.2) is 5.82 Å². The highest BCUT2D eigenvalue weighted by Gasteiger charge is 2.22. The van der Waals surface area contributed by atoms with Crippen LogP contribution in [-0.4, -0.2) is 28.9 Å². The standard InChI is InChI=1S/C13H13BrN6/c14-8-1-3-10(4-2-8)20-12(16)11(5-15)13(19-20)18-9-6-17-7-9/h1-4,9,17H,6-7,16H2,(H,18,19). The third-order valence-electron chi connectivity index (χ3n) is 3.23. The Morgan fingerprint density at radius 1 is 1.40 bits per heavy atom. The van der Waals surface area contributed by atoms with E-state index < -0.39 is 0 Å². The highest BCUT2D eigenvalue weighted by atomic mass is 79.9. The number of nitriles is 1. The minimum atomic E-state index is 0.301. The smallest absolute Gasteiger partial charge is 0.169 e. The van der Waals surface area contributed by atoms with Crippen LogP contribution in [0.25, 0.3) is 5.69 Å². The lowest BCUT2D eigenvalue weighted by atomic mass is 10.2. The number of benzene rings is 1. The van der Waals surface area contributed by atoms with E-state index in [4.69, 9.17) is 5.73 Å². The molecule has 0 amide bonds. The van der Waals surface area contributed by atoms with E-state index in [0.29, 0.717) is 23.2 Å². The Balaban J connectivity index is 1.99. The Labute approximate surface area is 124 Å². The molecule has 7 heteroatoms. The molecule has 2 aromatic rings. The second-order valence-electron chi connectivity index (χ2n) is 4.61. The van der Waals surface area contributed by atoms with Gasteiger partial charge in [-0.1, -0.05) is 15.9 Å². The molecule has 3 rings (SSSR count). The lowest BCUT2D eigenvalue weighted by molar-refractivity contribution is 0.470. The number of nitrogens with two attached hydrogens (primary N) is 1. The Morgan fingerprint density at radius 3 is 2.65 bits per heavy atom. The van der Waals surface area contributed by atoms with E-state index in [1.165, 1.54) is 0 Å². The topological polar surface area (TPSA) is 91.7 Å². The molecular weight excluding hydrogens is 320 g/mol. The molecule has 0 spiro atoms. The second kappa shape index (κ2) is 5.15. The minimum absolute atomic E-state index is 0.301. The van der Waals surface area contributed by atoms with Crippen LogP contribution < -0.4 is 16.4 Å². The predicted octanol–water partition coefficient (Wildman–Crippen LogP) is 1.47. The Bertz CT molecular complexity index is 665. The molecule has 1 aromatic heterocycles. The maximum atomic E-state index is 9.26. The zero-order valence-electron chi connectivity index (χ0n) is 10.6. The number of rotatable bonds is 3. The van der Waals surface area contributed by atoms with Gasteiger partial charge in [-0.2, -0.15) is 5.26 Å². The third-order valence-corrected chi connectivity index (χ3v) is 3.76. The molecule has 1 saturated heterocycles. The number of nitrogens with one attached hydrogen (secondary N) is 2. The van der Waals surface area contributed by atoms with Gasteiger partial charge in [0.25, 0.3) is 0 Å². The van der Waals surface area contributed by atoms with Gasteiger partial charge in [0.05, 0.1) is 11.7 Å². The zero-order valence-corrected chi connectivity index (χ0v) is 12.2. The molecule has 1 aliphatic heterocycles. The van der Waals surface area contributed by atoms with Crippen LogP contribution in [0.3, 0.4) is 0 Å². The Morgan fingerprint density at radius 2 is 2.10 bits per heavy atom. The van der Waals surface area contributed by atoms with Crippen molar-refractivity contribution in [3.8, 4) is 11.8 Å². The van der Waals surface area contributed by atoms with Crippen molar-refractivity contribution < 1.29 is 0 Å². The SMILES string of the molecule is N#Cc1c(NC2CNC2)nn(-c2ccc(Br)cc2)c1N. The highest BCUT2D eigenvalue weighted by molar-refractivity contribution is 9.10. The van der Waals surface area contributed by atoms with Gasteiger partial charge in [-0.05, 0) is 24.3 Å². The van der Waals surface area contributed by atoms with Crippen molar-refractivity contribution in [1.29, 1.82) is 5.26 Å². The molecule has 1 fully saturated rings. The predicted molar refractivity (Wildman–Crippen MR) is 80.7 cm³/mol. The fourth-order valence-electron chi connectivity index (χ4n) is 2.01. The van der Waals surface area contributed by atoms with Crippen molar-refractivity contribution in [3.63, 3.8) is 0 Å². The summed E-state index contributed by atoms with van der Waals surface area (Å²) in [4.78, 5) is 0. The van der Waals surface area contributed by atoms with Crippen molar-refractivity contribution in [1.82, 2.24) is 15.1 Å². The molecule has 0 bridgehead atoms. The van der Waals surface area contributed by atoms with E-state index in [2.05, 4.69) is 37.7 Å². The zero-order chi connectivity index (χ0) is 14.1. The van der Waals surface area contributed by atoms with E-state index in [1.54, 1.807) is 4.68 Å². The Kier molecular flexibility index (Phi) is 3.34. The average molecular weight is 333 g/mol. The number of anilines is 2. The maximum absolute atomic E-state index is 9.26. The van der Waals surface area contributed by atoms with Crippen LogP contribution in [0, 0.1) is 11.3 Å². The minimum Gasteiger partial charge on any atom is -0.382 e. The Hall–Kier alpha value is -2.04. The summed E-state index contributed by atoms with van der Waals surface area (Å²) in [5.74, 6) is 0.893. The molecule has 0 saturated carbocycles. The molecule has 2 heterocycles. The molecular formula is C13H13BrN6. The number of nitrogens with zero attached hydrogens (tertiary/aromatic N) is 3. The quantitative estimate of drug-likeness (QED) is 0.791. The lowest BCUT2D eigenvalue weighted by Gasteiger charge is -2.27. The number of hydrogen-bond acceptors (Lipinski definition) is 5. The van der Waals surface area contributed by atoms with Crippen LogP contribution >= 0.6 is 15.9 Å². The van der Waals surface area contributed by atoms with Gasteiger partial charge in [-0.15, -0.1) is 5.10 Å². The largest absolute Gasteiger partial charge is 0.382 e. The van der Waals surface area contributed by atoms with Crippen LogP contribution in [0.15, 0.2) is 28.7 Å². The van der Waals surface area contributed by atoms with Crippen LogP contribution in [0.2, 0.25) is 0 Å². The van der Waals surface area contributed by atoms with Crippen molar-refractivity contribution in [2.75, 3.05) is 24.1 Å². The molecule has 6 nitrogen and oxygen atoms in total. The number of hydrogen-bond donors (Lipinski definition) is 3. The van der Waals surface area contributed by atoms with E-state index in [-0.39, 0.29) is 0 Å². The van der Waals surface area contributed by atoms with Gasteiger partial charge in [0, 0.05) is 17.6 Å². The van der Waals surface area contributed by atoms with E-state index in [9.17, 15) is 5.26 Å². The molecule has 0 radical (unpaired) electrons. The van der Waals surface area contributed by atoms with E-state index in [0.717, 1.165) is 23.2 Å². The summed E-state index contributed by atoms with van der Waals surface area (Å²) in [5, 5.41) is 20.1. The first kappa shape index (κ1) is 13.0. The monoisotopic (exact) mass is 332 g/mol. The van der Waals surface area contributed by atoms with Crippen LogP contribution in [0.1, 0.15) is 5.56 Å². The summed E-state index contributed by atoms with van der Waals surface area (Å²) in [6.45, 7) is 1.74. The molecule has 0 atom stereocenters. The van der Waals surface area contributed by atoms with Crippen LogP contribution in [-0.2, 0) is 0 Å². The average Bonchev–Trinajstić information content (AvgIpc) is 2.71. The fourth-order valence-corrected chi connectivity index (χ4v) is 2.27. The summed E-state index contributed by atoms with van der Waals surface area (Å²) >= 11 is 3.39. The van der Waals surface area contributed by atoms with E-state index >= 15 is 0 Å². The number of nitrogen functional groups attached to an aromatic ring is 1. The number of halogens is 1. The fraction of sp³-hybridized carbons (Fsp3) is 0.231. The summed E-state index contributed by atoms with van der Waals surface area (Å²) in [6.07, 6.45) is 0. The number of aromatic nitrogens is 2. The summed E-state index contributed by atoms with van der Waals surface area (Å²) in [5.41, 5.74) is 7.24. The third kappa shape index (κ3) is 2.24. The lowest BCUT2D eigenvalue weighted by Crippen LogP contribution is -2.51. The summed E-state index contributed by atoms with van der Waals surface area (Å²) in [6, 6.07) is 10.0. The highest BCUT2D eigenvalue weighted by Crippen LogP contribution is 2.25. The van der Waals surface area contributed by atoms with E-state index in [1.807, 2.05) is 24.3 Å². The van der Waals surface area contributed by atoms with Gasteiger partial charge >= 0.3 is 0 Å². The molecule has 20 heavy (non-hydrogen) atoms.